The predicted molar refractivity (Wildman–Crippen MR) is 74.6 cm³/mol. The molecule has 98 valence electrons. The van der Waals surface area contributed by atoms with Gasteiger partial charge in [0.05, 0.1) is 23.5 Å². The molecule has 1 aromatic heterocycles. The normalized spacial score (nSPS) is 10.6. The first-order valence-electron chi connectivity index (χ1n) is 6.33. The fourth-order valence-corrected chi connectivity index (χ4v) is 2.19. The van der Waals surface area contributed by atoms with Gasteiger partial charge in [-0.2, -0.15) is 5.26 Å². The molecule has 0 atom stereocenters. The molecule has 0 fully saturated rings. The minimum atomic E-state index is -0.237. The molecular weight excluding hydrogens is 253 g/mol. The van der Waals surface area contributed by atoms with Gasteiger partial charge in [0, 0.05) is 6.42 Å². The van der Waals surface area contributed by atoms with Crippen LogP contribution in [0.15, 0.2) is 42.5 Å². The summed E-state index contributed by atoms with van der Waals surface area (Å²) in [7, 11) is 0. The van der Waals surface area contributed by atoms with Crippen LogP contribution < -0.4 is 0 Å². The summed E-state index contributed by atoms with van der Waals surface area (Å²) >= 11 is 0. The van der Waals surface area contributed by atoms with Crippen LogP contribution in [0.25, 0.3) is 11.0 Å². The summed E-state index contributed by atoms with van der Waals surface area (Å²) in [6.45, 7) is 0. The first kappa shape index (κ1) is 12.4. The molecule has 3 aromatic rings. The average Bonchev–Trinajstić information content (AvgIpc) is 2.83. The van der Waals surface area contributed by atoms with E-state index in [9.17, 15) is 4.39 Å². The third kappa shape index (κ3) is 2.52. The molecule has 0 aliphatic carbocycles. The SMILES string of the molecule is N#CCc1ccc2nc(Cc3ccc(F)cc3)[nH]c2c1. The van der Waals surface area contributed by atoms with Crippen molar-refractivity contribution in [1.29, 1.82) is 5.26 Å². The van der Waals surface area contributed by atoms with E-state index in [0.29, 0.717) is 12.8 Å². The number of aromatic amines is 1. The molecule has 0 saturated heterocycles. The van der Waals surface area contributed by atoms with Crippen LogP contribution in [-0.4, -0.2) is 9.97 Å². The van der Waals surface area contributed by atoms with E-state index in [4.69, 9.17) is 5.26 Å². The Balaban J connectivity index is 1.89. The molecule has 3 rings (SSSR count). The number of aromatic nitrogens is 2. The standard InChI is InChI=1S/C16H12FN3/c17-13-4-1-11(2-5-13)10-16-19-14-6-3-12(7-8-18)9-15(14)20-16/h1-6,9H,7,10H2,(H,19,20). The second-order valence-electron chi connectivity index (χ2n) is 4.67. The third-order valence-electron chi connectivity index (χ3n) is 3.16. The zero-order valence-corrected chi connectivity index (χ0v) is 10.7. The zero-order valence-electron chi connectivity index (χ0n) is 10.7. The highest BCUT2D eigenvalue weighted by Crippen LogP contribution is 2.16. The van der Waals surface area contributed by atoms with Crippen molar-refractivity contribution in [2.45, 2.75) is 12.8 Å². The van der Waals surface area contributed by atoms with E-state index < -0.39 is 0 Å². The summed E-state index contributed by atoms with van der Waals surface area (Å²) in [5.74, 6) is 0.597. The number of benzene rings is 2. The largest absolute Gasteiger partial charge is 0.342 e. The molecule has 20 heavy (non-hydrogen) atoms. The molecule has 0 bridgehead atoms. The summed E-state index contributed by atoms with van der Waals surface area (Å²) < 4.78 is 12.9. The van der Waals surface area contributed by atoms with Crippen LogP contribution in [0.1, 0.15) is 17.0 Å². The Labute approximate surface area is 115 Å². The number of rotatable bonds is 3. The molecule has 0 unspecified atom stereocenters. The van der Waals surface area contributed by atoms with Crippen LogP contribution in [-0.2, 0) is 12.8 Å². The van der Waals surface area contributed by atoms with Crippen molar-refractivity contribution < 1.29 is 4.39 Å². The van der Waals surface area contributed by atoms with Crippen LogP contribution in [0, 0.1) is 17.1 Å². The van der Waals surface area contributed by atoms with Crippen molar-refractivity contribution in [3.8, 4) is 6.07 Å². The van der Waals surface area contributed by atoms with Crippen LogP contribution >= 0.6 is 0 Å². The maximum absolute atomic E-state index is 12.9. The van der Waals surface area contributed by atoms with Crippen LogP contribution in [0.3, 0.4) is 0 Å². The van der Waals surface area contributed by atoms with Crippen molar-refractivity contribution in [3.05, 3.63) is 65.2 Å². The molecule has 3 nitrogen and oxygen atoms in total. The maximum atomic E-state index is 12.9. The summed E-state index contributed by atoms with van der Waals surface area (Å²) in [5, 5.41) is 8.71. The highest BCUT2D eigenvalue weighted by Gasteiger charge is 2.05. The number of halogens is 1. The predicted octanol–water partition coefficient (Wildman–Crippen LogP) is 3.36. The van der Waals surface area contributed by atoms with Crippen molar-refractivity contribution in [2.75, 3.05) is 0 Å². The van der Waals surface area contributed by atoms with E-state index in [1.165, 1.54) is 12.1 Å². The summed E-state index contributed by atoms with van der Waals surface area (Å²) in [5.41, 5.74) is 3.78. The van der Waals surface area contributed by atoms with Crippen LogP contribution in [0.5, 0.6) is 0 Å². The van der Waals surface area contributed by atoms with E-state index in [-0.39, 0.29) is 5.82 Å². The first-order chi connectivity index (χ1) is 9.74. The monoisotopic (exact) mass is 265 g/mol. The number of fused-ring (bicyclic) bond motifs is 1. The number of hydrogen-bond donors (Lipinski definition) is 1. The molecule has 4 heteroatoms. The molecule has 0 radical (unpaired) electrons. The fraction of sp³-hybridized carbons (Fsp3) is 0.125. The lowest BCUT2D eigenvalue weighted by Crippen LogP contribution is -1.90. The minimum Gasteiger partial charge on any atom is -0.342 e. The lowest BCUT2D eigenvalue weighted by atomic mass is 10.1. The fourth-order valence-electron chi connectivity index (χ4n) is 2.19. The van der Waals surface area contributed by atoms with Gasteiger partial charge in [-0.3, -0.25) is 0 Å². The van der Waals surface area contributed by atoms with Crippen LogP contribution in [0.4, 0.5) is 4.39 Å². The molecule has 1 heterocycles. The van der Waals surface area contributed by atoms with Gasteiger partial charge in [-0.25, -0.2) is 9.37 Å². The van der Waals surface area contributed by atoms with Gasteiger partial charge in [-0.1, -0.05) is 18.2 Å². The van der Waals surface area contributed by atoms with Gasteiger partial charge < -0.3 is 4.98 Å². The highest BCUT2D eigenvalue weighted by atomic mass is 19.1. The Morgan fingerprint density at radius 3 is 2.60 bits per heavy atom. The number of nitrogens with zero attached hydrogens (tertiary/aromatic N) is 2. The number of nitriles is 1. The molecule has 0 aliphatic rings. The van der Waals surface area contributed by atoms with Gasteiger partial charge in [0.25, 0.3) is 0 Å². The van der Waals surface area contributed by atoms with Gasteiger partial charge in [-0.05, 0) is 35.4 Å². The Hall–Kier alpha value is -2.67. The van der Waals surface area contributed by atoms with E-state index >= 15 is 0 Å². The lowest BCUT2D eigenvalue weighted by Gasteiger charge is -1.97. The van der Waals surface area contributed by atoms with Gasteiger partial charge in [-0.15, -0.1) is 0 Å². The molecule has 0 amide bonds. The first-order valence-corrected chi connectivity index (χ1v) is 6.33. The van der Waals surface area contributed by atoms with Gasteiger partial charge in [0.15, 0.2) is 0 Å². The Bertz CT molecular complexity index is 782. The maximum Gasteiger partial charge on any atom is 0.123 e. The summed E-state index contributed by atoms with van der Waals surface area (Å²) in [6.07, 6.45) is 1.02. The molecule has 0 saturated carbocycles. The van der Waals surface area contributed by atoms with Gasteiger partial charge >= 0.3 is 0 Å². The molecule has 2 aromatic carbocycles. The second kappa shape index (κ2) is 5.14. The van der Waals surface area contributed by atoms with E-state index in [0.717, 1.165) is 28.0 Å². The summed E-state index contributed by atoms with van der Waals surface area (Å²) in [6, 6.07) is 14.3. The third-order valence-corrected chi connectivity index (χ3v) is 3.16. The number of nitrogens with one attached hydrogen (secondary N) is 1. The van der Waals surface area contributed by atoms with Crippen molar-refractivity contribution >= 4 is 11.0 Å². The van der Waals surface area contributed by atoms with E-state index in [1.807, 2.05) is 18.2 Å². The Morgan fingerprint density at radius 1 is 1.10 bits per heavy atom. The van der Waals surface area contributed by atoms with Crippen molar-refractivity contribution in [2.24, 2.45) is 0 Å². The van der Waals surface area contributed by atoms with Gasteiger partial charge in [0.2, 0.25) is 0 Å². The molecule has 1 N–H and O–H groups in total. The number of hydrogen-bond acceptors (Lipinski definition) is 2. The van der Waals surface area contributed by atoms with E-state index in [2.05, 4.69) is 16.0 Å². The molecule has 0 spiro atoms. The Kier molecular flexibility index (Phi) is 3.18. The smallest absolute Gasteiger partial charge is 0.123 e. The number of H-pyrrole nitrogens is 1. The highest BCUT2D eigenvalue weighted by molar-refractivity contribution is 5.76. The van der Waals surface area contributed by atoms with Gasteiger partial charge in [0.1, 0.15) is 11.6 Å². The summed E-state index contributed by atoms with van der Waals surface area (Å²) in [4.78, 5) is 7.74. The minimum absolute atomic E-state index is 0.237. The van der Waals surface area contributed by atoms with E-state index in [1.54, 1.807) is 12.1 Å². The molecule has 0 aliphatic heterocycles. The second-order valence-corrected chi connectivity index (χ2v) is 4.67. The van der Waals surface area contributed by atoms with Crippen molar-refractivity contribution in [1.82, 2.24) is 9.97 Å². The Morgan fingerprint density at radius 2 is 1.85 bits per heavy atom. The lowest BCUT2D eigenvalue weighted by molar-refractivity contribution is 0.627. The average molecular weight is 265 g/mol. The van der Waals surface area contributed by atoms with Crippen LogP contribution in [0.2, 0.25) is 0 Å². The zero-order chi connectivity index (χ0) is 13.9. The topological polar surface area (TPSA) is 52.5 Å². The van der Waals surface area contributed by atoms with Crippen molar-refractivity contribution in [3.63, 3.8) is 0 Å². The molecular formula is C16H12FN3. The quantitative estimate of drug-likeness (QED) is 0.789. The number of imidazole rings is 1.